The van der Waals surface area contributed by atoms with E-state index in [0.717, 1.165) is 12.8 Å². The summed E-state index contributed by atoms with van der Waals surface area (Å²) in [6.45, 7) is 0.604. The molecule has 0 aromatic heterocycles. The summed E-state index contributed by atoms with van der Waals surface area (Å²) >= 11 is 0. The zero-order valence-electron chi connectivity index (χ0n) is 7.22. The van der Waals surface area contributed by atoms with Gasteiger partial charge in [0.1, 0.15) is 6.04 Å². The SMILES string of the molecule is NCCCCC(N)C(=O)O.O=NO. The Morgan fingerprint density at radius 3 is 2.23 bits per heavy atom. The molecule has 0 rings (SSSR count). The van der Waals surface area contributed by atoms with Crippen LogP contribution in [0.2, 0.25) is 0 Å². The third-order valence-corrected chi connectivity index (χ3v) is 1.29. The number of hydrogen-bond acceptors (Lipinski definition) is 5. The quantitative estimate of drug-likeness (QED) is 0.268. The lowest BCUT2D eigenvalue weighted by Gasteiger charge is -2.03. The van der Waals surface area contributed by atoms with E-state index in [-0.39, 0.29) is 0 Å². The second-order valence-electron chi connectivity index (χ2n) is 2.31. The molecule has 0 radical (unpaired) electrons. The molecule has 0 aliphatic rings. The van der Waals surface area contributed by atoms with Gasteiger partial charge in [-0.25, -0.2) is 0 Å². The van der Waals surface area contributed by atoms with Crippen LogP contribution in [0.15, 0.2) is 5.34 Å². The molecular formula is C6H15N3O4. The van der Waals surface area contributed by atoms with Gasteiger partial charge in [0.15, 0.2) is 5.34 Å². The molecule has 7 nitrogen and oxygen atoms in total. The predicted octanol–water partition coefficient (Wildman–Crippen LogP) is -0.331. The van der Waals surface area contributed by atoms with Crippen LogP contribution in [0.3, 0.4) is 0 Å². The number of aliphatic carboxylic acids is 1. The lowest BCUT2D eigenvalue weighted by atomic mass is 10.1. The second kappa shape index (κ2) is 10.8. The van der Waals surface area contributed by atoms with Gasteiger partial charge in [0.05, 0.1) is 0 Å². The normalized spacial score (nSPS) is 10.9. The number of carboxylic acids is 1. The van der Waals surface area contributed by atoms with Crippen molar-refractivity contribution >= 4 is 5.97 Å². The van der Waals surface area contributed by atoms with Crippen LogP contribution in [-0.4, -0.2) is 28.9 Å². The fourth-order valence-corrected chi connectivity index (χ4v) is 0.632. The Morgan fingerprint density at radius 1 is 1.46 bits per heavy atom. The van der Waals surface area contributed by atoms with Gasteiger partial charge in [0.25, 0.3) is 0 Å². The summed E-state index contributed by atoms with van der Waals surface area (Å²) in [5.74, 6) is -0.933. The fraction of sp³-hybridized carbons (Fsp3) is 0.833. The highest BCUT2D eigenvalue weighted by atomic mass is 16.6. The van der Waals surface area contributed by atoms with Gasteiger partial charge in [-0.15, -0.1) is 4.91 Å². The van der Waals surface area contributed by atoms with Crippen molar-refractivity contribution in [1.29, 1.82) is 0 Å². The van der Waals surface area contributed by atoms with E-state index in [2.05, 4.69) is 0 Å². The van der Waals surface area contributed by atoms with Gasteiger partial charge in [0.2, 0.25) is 0 Å². The van der Waals surface area contributed by atoms with Crippen LogP contribution < -0.4 is 11.5 Å². The van der Waals surface area contributed by atoms with Gasteiger partial charge in [0, 0.05) is 0 Å². The molecular weight excluding hydrogens is 178 g/mol. The molecule has 0 aromatic carbocycles. The van der Waals surface area contributed by atoms with E-state index in [4.69, 9.17) is 26.7 Å². The van der Waals surface area contributed by atoms with Gasteiger partial charge in [-0.2, -0.15) is 0 Å². The van der Waals surface area contributed by atoms with Crippen LogP contribution in [0.25, 0.3) is 0 Å². The smallest absolute Gasteiger partial charge is 0.320 e. The van der Waals surface area contributed by atoms with Gasteiger partial charge in [-0.1, -0.05) is 6.42 Å². The molecule has 13 heavy (non-hydrogen) atoms. The predicted molar refractivity (Wildman–Crippen MR) is 46.1 cm³/mol. The highest BCUT2D eigenvalue weighted by molar-refractivity contribution is 5.72. The Balaban J connectivity index is 0. The first-order chi connectivity index (χ1) is 6.09. The van der Waals surface area contributed by atoms with Crippen molar-refractivity contribution in [2.24, 2.45) is 16.8 Å². The first-order valence-corrected chi connectivity index (χ1v) is 3.75. The summed E-state index contributed by atoms with van der Waals surface area (Å²) in [6.07, 6.45) is 2.16. The molecule has 0 amide bonds. The molecule has 0 bridgehead atoms. The number of nitrogens with zero attached hydrogens (tertiary/aromatic N) is 1. The fourth-order valence-electron chi connectivity index (χ4n) is 0.632. The Bertz CT molecular complexity index is 142. The lowest BCUT2D eigenvalue weighted by molar-refractivity contribution is -0.138. The molecule has 0 saturated carbocycles. The third-order valence-electron chi connectivity index (χ3n) is 1.29. The molecule has 0 saturated heterocycles. The molecule has 0 aromatic rings. The molecule has 0 spiro atoms. The van der Waals surface area contributed by atoms with Crippen molar-refractivity contribution in [3.05, 3.63) is 4.91 Å². The largest absolute Gasteiger partial charge is 0.480 e. The third kappa shape index (κ3) is 13.7. The van der Waals surface area contributed by atoms with E-state index in [1.165, 1.54) is 5.34 Å². The average Bonchev–Trinajstić information content (AvgIpc) is 2.06. The van der Waals surface area contributed by atoms with Crippen LogP contribution in [-0.2, 0) is 4.79 Å². The Labute approximate surface area is 75.6 Å². The minimum atomic E-state index is -0.933. The van der Waals surface area contributed by atoms with Crippen molar-refractivity contribution in [2.75, 3.05) is 6.54 Å². The summed E-state index contributed by atoms with van der Waals surface area (Å²) in [6, 6.07) is -0.716. The van der Waals surface area contributed by atoms with Crippen molar-refractivity contribution in [3.63, 3.8) is 0 Å². The average molecular weight is 193 g/mol. The standard InChI is InChI=1S/C6H14N2O2.HNO2/c7-4-2-1-3-5(8)6(9)10;2-1-3/h5H,1-4,7-8H2,(H,9,10);(H,2,3). The van der Waals surface area contributed by atoms with Crippen LogP contribution in [0.4, 0.5) is 0 Å². The van der Waals surface area contributed by atoms with E-state index in [0.29, 0.717) is 13.0 Å². The number of nitrogens with two attached hydrogens (primary N) is 2. The van der Waals surface area contributed by atoms with Crippen LogP contribution >= 0.6 is 0 Å². The Morgan fingerprint density at radius 2 is 1.92 bits per heavy atom. The minimum Gasteiger partial charge on any atom is -0.480 e. The topological polar surface area (TPSA) is 139 Å². The highest BCUT2D eigenvalue weighted by Crippen LogP contribution is 1.96. The number of carboxylic acid groups (broad SMARTS) is 1. The summed E-state index contributed by atoms with van der Waals surface area (Å²) in [5.41, 5.74) is 10.4. The van der Waals surface area contributed by atoms with E-state index < -0.39 is 12.0 Å². The first-order valence-electron chi connectivity index (χ1n) is 3.75. The molecule has 0 fully saturated rings. The van der Waals surface area contributed by atoms with Gasteiger partial charge >= 0.3 is 5.97 Å². The molecule has 1 unspecified atom stereocenters. The maximum atomic E-state index is 10.1. The molecule has 78 valence electrons. The van der Waals surface area contributed by atoms with Gasteiger partial charge in [-0.05, 0) is 19.4 Å². The van der Waals surface area contributed by atoms with E-state index in [1.54, 1.807) is 0 Å². The number of unbranched alkanes of at least 4 members (excludes halogenated alkanes) is 1. The Kier molecular flexibility index (Phi) is 11.9. The minimum absolute atomic E-state index is 0.520. The van der Waals surface area contributed by atoms with Crippen molar-refractivity contribution in [3.8, 4) is 0 Å². The zero-order chi connectivity index (χ0) is 10.7. The maximum absolute atomic E-state index is 10.1. The van der Waals surface area contributed by atoms with Crippen LogP contribution in [0, 0.1) is 4.91 Å². The maximum Gasteiger partial charge on any atom is 0.320 e. The van der Waals surface area contributed by atoms with Crippen molar-refractivity contribution in [1.82, 2.24) is 0 Å². The summed E-state index contributed by atoms with van der Waals surface area (Å²) in [5, 5.41) is 16.2. The van der Waals surface area contributed by atoms with Crippen LogP contribution in [0.5, 0.6) is 0 Å². The van der Waals surface area contributed by atoms with Gasteiger partial charge < -0.3 is 21.8 Å². The molecule has 0 aliphatic heterocycles. The summed E-state index contributed by atoms with van der Waals surface area (Å²) < 4.78 is 0. The molecule has 7 heteroatoms. The number of hydrogen-bond donors (Lipinski definition) is 4. The van der Waals surface area contributed by atoms with Gasteiger partial charge in [-0.3, -0.25) is 4.79 Å². The van der Waals surface area contributed by atoms with E-state index in [9.17, 15) is 4.79 Å². The monoisotopic (exact) mass is 193 g/mol. The zero-order valence-corrected chi connectivity index (χ0v) is 7.22. The molecule has 0 heterocycles. The first kappa shape index (κ1) is 14.3. The summed E-state index contributed by atoms with van der Waals surface area (Å²) in [4.78, 5) is 18.2. The Hall–Kier alpha value is -1.21. The van der Waals surface area contributed by atoms with Crippen LogP contribution in [0.1, 0.15) is 19.3 Å². The molecule has 6 N–H and O–H groups in total. The lowest BCUT2D eigenvalue weighted by Crippen LogP contribution is -2.29. The van der Waals surface area contributed by atoms with E-state index >= 15 is 0 Å². The molecule has 1 atom stereocenters. The summed E-state index contributed by atoms with van der Waals surface area (Å²) in [7, 11) is 0. The second-order valence-corrected chi connectivity index (χ2v) is 2.31. The van der Waals surface area contributed by atoms with E-state index in [1.807, 2.05) is 0 Å². The molecule has 0 aliphatic carbocycles. The number of rotatable bonds is 5. The van der Waals surface area contributed by atoms with Crippen molar-refractivity contribution < 1.29 is 15.1 Å². The van der Waals surface area contributed by atoms with Crippen molar-refractivity contribution in [2.45, 2.75) is 25.3 Å². The number of carbonyl (C=O) groups is 1. The highest BCUT2D eigenvalue weighted by Gasteiger charge is 2.09.